The van der Waals surface area contributed by atoms with Crippen molar-refractivity contribution in [2.45, 2.75) is 6.54 Å². The van der Waals surface area contributed by atoms with Crippen LogP contribution in [0.25, 0.3) is 11.5 Å². The summed E-state index contributed by atoms with van der Waals surface area (Å²) in [5, 5.41) is 0. The summed E-state index contributed by atoms with van der Waals surface area (Å²) in [6.45, 7) is 1.50. The van der Waals surface area contributed by atoms with Gasteiger partial charge < -0.3 is 20.0 Å². The zero-order valence-corrected chi connectivity index (χ0v) is 12.8. The average molecular weight is 307 g/mol. The molecule has 0 spiro atoms. The molecule has 116 valence electrons. The lowest BCUT2D eigenvalue weighted by molar-refractivity contribution is 0.580. The van der Waals surface area contributed by atoms with Gasteiger partial charge in [-0.15, -0.1) is 0 Å². The summed E-state index contributed by atoms with van der Waals surface area (Å²) in [5.41, 5.74) is 8.84. The second-order valence-electron chi connectivity index (χ2n) is 5.60. The van der Waals surface area contributed by atoms with Gasteiger partial charge in [-0.25, -0.2) is 4.98 Å². The normalized spacial score (nSPS) is 13.4. The van der Waals surface area contributed by atoms with Crippen molar-refractivity contribution in [1.29, 1.82) is 0 Å². The Kier molecular flexibility index (Phi) is 3.15. The summed E-state index contributed by atoms with van der Waals surface area (Å²) in [7, 11) is 2.02. The van der Waals surface area contributed by atoms with Crippen LogP contribution in [-0.2, 0) is 6.54 Å². The first-order chi connectivity index (χ1) is 11.2. The molecule has 2 N–H and O–H groups in total. The fourth-order valence-electron chi connectivity index (χ4n) is 2.94. The molecule has 0 aliphatic carbocycles. The summed E-state index contributed by atoms with van der Waals surface area (Å²) >= 11 is 0. The molecule has 0 saturated heterocycles. The molecule has 6 heteroatoms. The molecule has 0 unspecified atom stereocenters. The van der Waals surface area contributed by atoms with Crippen molar-refractivity contribution in [3.05, 3.63) is 54.3 Å². The summed E-state index contributed by atoms with van der Waals surface area (Å²) in [5.74, 6) is 1.79. The lowest BCUT2D eigenvalue weighted by Crippen LogP contribution is -2.27. The number of aromatic nitrogens is 2. The van der Waals surface area contributed by atoms with Gasteiger partial charge in [0.25, 0.3) is 0 Å². The monoisotopic (exact) mass is 307 g/mol. The summed E-state index contributed by atoms with van der Waals surface area (Å²) in [6, 6.07) is 14.0. The van der Waals surface area contributed by atoms with Gasteiger partial charge in [-0.05, 0) is 17.7 Å². The second-order valence-corrected chi connectivity index (χ2v) is 5.60. The fraction of sp³-hybridized carbons (Fsp3) is 0.176. The zero-order valence-electron chi connectivity index (χ0n) is 12.8. The van der Waals surface area contributed by atoms with Crippen molar-refractivity contribution in [3.63, 3.8) is 0 Å². The first kappa shape index (κ1) is 13.6. The first-order valence-electron chi connectivity index (χ1n) is 7.44. The Labute approximate surface area is 134 Å². The van der Waals surface area contributed by atoms with Crippen LogP contribution in [0.2, 0.25) is 0 Å². The lowest BCUT2D eigenvalue weighted by Gasteiger charge is -2.18. The van der Waals surface area contributed by atoms with E-state index in [1.165, 1.54) is 5.56 Å². The topological polar surface area (TPSA) is 71.4 Å². The van der Waals surface area contributed by atoms with E-state index >= 15 is 0 Å². The Morgan fingerprint density at radius 3 is 2.70 bits per heavy atom. The molecule has 2 aromatic heterocycles. The Bertz CT molecular complexity index is 817. The van der Waals surface area contributed by atoms with Crippen LogP contribution in [0.4, 0.5) is 17.5 Å². The molecule has 0 fully saturated rings. The molecule has 4 rings (SSSR count). The molecular formula is C17H17N5O. The van der Waals surface area contributed by atoms with Crippen molar-refractivity contribution < 1.29 is 4.42 Å². The van der Waals surface area contributed by atoms with E-state index < -0.39 is 0 Å². The number of nitrogens with zero attached hydrogens (tertiary/aromatic N) is 4. The number of nitrogen functional groups attached to an aromatic ring is 1. The van der Waals surface area contributed by atoms with Crippen LogP contribution in [0.3, 0.4) is 0 Å². The number of rotatable bonds is 3. The van der Waals surface area contributed by atoms with Gasteiger partial charge in [0, 0.05) is 13.6 Å². The average Bonchev–Trinajstić information content (AvgIpc) is 3.17. The maximum absolute atomic E-state index is 5.93. The highest BCUT2D eigenvalue weighted by Crippen LogP contribution is 2.41. The Hall–Kier alpha value is -3.02. The predicted octanol–water partition coefficient (Wildman–Crippen LogP) is 2.73. The molecule has 23 heavy (non-hydrogen) atoms. The van der Waals surface area contributed by atoms with Crippen LogP contribution in [0.5, 0.6) is 0 Å². The van der Waals surface area contributed by atoms with Crippen molar-refractivity contribution in [2.24, 2.45) is 0 Å². The van der Waals surface area contributed by atoms with E-state index in [1.54, 1.807) is 6.26 Å². The third-order valence-corrected chi connectivity index (χ3v) is 3.92. The van der Waals surface area contributed by atoms with Crippen LogP contribution < -0.4 is 15.5 Å². The van der Waals surface area contributed by atoms with E-state index in [9.17, 15) is 0 Å². The van der Waals surface area contributed by atoms with Gasteiger partial charge in [-0.3, -0.25) is 0 Å². The highest BCUT2D eigenvalue weighted by atomic mass is 16.3. The molecule has 0 atom stereocenters. The van der Waals surface area contributed by atoms with Gasteiger partial charge in [0.2, 0.25) is 5.95 Å². The fourth-order valence-corrected chi connectivity index (χ4v) is 2.94. The minimum atomic E-state index is 0.253. The van der Waals surface area contributed by atoms with Crippen LogP contribution in [0.15, 0.2) is 53.1 Å². The largest absolute Gasteiger partial charge is 0.463 e. The summed E-state index contributed by atoms with van der Waals surface area (Å²) in [6.07, 6.45) is 1.64. The van der Waals surface area contributed by atoms with Crippen LogP contribution in [-0.4, -0.2) is 23.7 Å². The minimum Gasteiger partial charge on any atom is -0.463 e. The smallest absolute Gasteiger partial charge is 0.222 e. The molecule has 3 heterocycles. The van der Waals surface area contributed by atoms with Gasteiger partial charge in [0.1, 0.15) is 11.4 Å². The van der Waals surface area contributed by atoms with E-state index in [2.05, 4.69) is 31.9 Å². The molecule has 0 saturated carbocycles. The number of nitrogens with two attached hydrogens (primary N) is 1. The first-order valence-corrected chi connectivity index (χ1v) is 7.44. The van der Waals surface area contributed by atoms with Gasteiger partial charge >= 0.3 is 0 Å². The Morgan fingerprint density at radius 1 is 1.13 bits per heavy atom. The van der Waals surface area contributed by atoms with Crippen LogP contribution in [0, 0.1) is 0 Å². The van der Waals surface area contributed by atoms with E-state index in [4.69, 9.17) is 10.2 Å². The molecule has 1 aliphatic rings. The van der Waals surface area contributed by atoms with Gasteiger partial charge in [-0.1, -0.05) is 30.3 Å². The Morgan fingerprint density at radius 2 is 1.96 bits per heavy atom. The maximum atomic E-state index is 5.93. The highest BCUT2D eigenvalue weighted by molar-refractivity contribution is 5.85. The number of benzene rings is 1. The quantitative estimate of drug-likeness (QED) is 0.802. The molecule has 6 nitrogen and oxygen atoms in total. The number of hydrogen-bond donors (Lipinski definition) is 1. The SMILES string of the molecule is CN1CN(Cc2ccccc2)c2nc(N)nc(-c3ccco3)c21. The van der Waals surface area contributed by atoms with E-state index in [0.717, 1.165) is 30.4 Å². The molecule has 0 amide bonds. The van der Waals surface area contributed by atoms with Crippen LogP contribution in [0.1, 0.15) is 5.56 Å². The molecular weight excluding hydrogens is 290 g/mol. The maximum Gasteiger partial charge on any atom is 0.222 e. The van der Waals surface area contributed by atoms with Gasteiger partial charge in [-0.2, -0.15) is 4.98 Å². The van der Waals surface area contributed by atoms with E-state index in [1.807, 2.05) is 37.4 Å². The molecule has 1 aliphatic heterocycles. The highest BCUT2D eigenvalue weighted by Gasteiger charge is 2.30. The van der Waals surface area contributed by atoms with Crippen LogP contribution >= 0.6 is 0 Å². The molecule has 1 aromatic carbocycles. The molecule has 0 bridgehead atoms. The summed E-state index contributed by atoms with van der Waals surface area (Å²) < 4.78 is 5.51. The lowest BCUT2D eigenvalue weighted by atomic mass is 10.2. The molecule has 3 aromatic rings. The third kappa shape index (κ3) is 2.38. The minimum absolute atomic E-state index is 0.253. The number of hydrogen-bond acceptors (Lipinski definition) is 6. The number of anilines is 3. The standard InChI is InChI=1S/C17H17N5O/c1-21-11-22(10-12-6-3-2-4-7-12)16-15(21)14(19-17(18)20-16)13-8-5-9-23-13/h2-9H,10-11H2,1H3,(H2,18,19,20). The Balaban J connectivity index is 1.77. The predicted molar refractivity (Wildman–Crippen MR) is 90.0 cm³/mol. The summed E-state index contributed by atoms with van der Waals surface area (Å²) in [4.78, 5) is 13.2. The van der Waals surface area contributed by atoms with Crippen molar-refractivity contribution in [1.82, 2.24) is 9.97 Å². The van der Waals surface area contributed by atoms with Crippen molar-refractivity contribution in [2.75, 3.05) is 29.2 Å². The van der Waals surface area contributed by atoms with E-state index in [0.29, 0.717) is 5.76 Å². The number of furan rings is 1. The van der Waals surface area contributed by atoms with Gasteiger partial charge in [0.05, 0.1) is 12.9 Å². The molecule has 0 radical (unpaired) electrons. The number of fused-ring (bicyclic) bond motifs is 1. The van der Waals surface area contributed by atoms with Crippen molar-refractivity contribution >= 4 is 17.5 Å². The van der Waals surface area contributed by atoms with E-state index in [-0.39, 0.29) is 5.95 Å². The van der Waals surface area contributed by atoms with Crippen molar-refractivity contribution in [3.8, 4) is 11.5 Å². The second kappa shape index (κ2) is 5.31. The third-order valence-electron chi connectivity index (χ3n) is 3.92. The van der Waals surface area contributed by atoms with Gasteiger partial charge in [0.15, 0.2) is 11.6 Å². The zero-order chi connectivity index (χ0) is 15.8.